The van der Waals surface area contributed by atoms with Gasteiger partial charge in [-0.2, -0.15) is 4.31 Å². The Morgan fingerprint density at radius 3 is 2.50 bits per heavy atom. The van der Waals surface area contributed by atoms with Gasteiger partial charge in [0, 0.05) is 18.1 Å². The van der Waals surface area contributed by atoms with Crippen LogP contribution in [0.15, 0.2) is 53.4 Å². The van der Waals surface area contributed by atoms with Gasteiger partial charge in [0.25, 0.3) is 0 Å². The number of hydrogen-bond acceptors (Lipinski definition) is 4. The van der Waals surface area contributed by atoms with Crippen molar-refractivity contribution in [3.05, 3.63) is 59.1 Å². The molecule has 0 aliphatic carbocycles. The Kier molecular flexibility index (Phi) is 6.59. The molecule has 0 spiro atoms. The van der Waals surface area contributed by atoms with E-state index in [-0.39, 0.29) is 10.8 Å². The van der Waals surface area contributed by atoms with Gasteiger partial charge in [-0.15, -0.1) is 0 Å². The molecule has 0 radical (unpaired) electrons. The van der Waals surface area contributed by atoms with Crippen LogP contribution < -0.4 is 10.1 Å². The van der Waals surface area contributed by atoms with E-state index >= 15 is 0 Å². The molecule has 28 heavy (non-hydrogen) atoms. The molecule has 6 nitrogen and oxygen atoms in total. The number of methoxy groups -OCH3 is 1. The normalized spacial score (nSPS) is 17.4. The third-order valence-corrected chi connectivity index (χ3v) is 6.97. The van der Waals surface area contributed by atoms with E-state index in [1.165, 1.54) is 28.6 Å². The van der Waals surface area contributed by atoms with Crippen molar-refractivity contribution in [1.29, 1.82) is 0 Å². The molecule has 1 fully saturated rings. The minimum Gasteiger partial charge on any atom is -0.497 e. The fourth-order valence-electron chi connectivity index (χ4n) is 3.27. The number of carbonyl (C=O) groups is 1. The number of sulfonamides is 1. The minimum absolute atomic E-state index is 0.148. The SMILES string of the molecule is COc1ccc(CCNC(=O)[C@H]2CCCN2S(=O)(=O)c2ccc(Cl)cc2)cc1. The highest BCUT2D eigenvalue weighted by molar-refractivity contribution is 7.89. The lowest BCUT2D eigenvalue weighted by Crippen LogP contribution is -2.46. The molecule has 2 aromatic rings. The number of hydrogen-bond donors (Lipinski definition) is 1. The van der Waals surface area contributed by atoms with E-state index in [4.69, 9.17) is 16.3 Å². The number of benzene rings is 2. The molecule has 2 aromatic carbocycles. The quantitative estimate of drug-likeness (QED) is 0.744. The molecule has 1 saturated heterocycles. The van der Waals surface area contributed by atoms with Crippen LogP contribution >= 0.6 is 11.6 Å². The lowest BCUT2D eigenvalue weighted by Gasteiger charge is -2.23. The molecular formula is C20H23ClN2O4S. The Labute approximate surface area is 170 Å². The summed E-state index contributed by atoms with van der Waals surface area (Å²) in [5, 5.41) is 3.33. The Hall–Kier alpha value is -2.09. The molecule has 3 rings (SSSR count). The second kappa shape index (κ2) is 8.94. The van der Waals surface area contributed by atoms with E-state index in [9.17, 15) is 13.2 Å². The highest BCUT2D eigenvalue weighted by atomic mass is 35.5. The molecule has 1 heterocycles. The summed E-state index contributed by atoms with van der Waals surface area (Å²) in [5.74, 6) is 0.519. The van der Waals surface area contributed by atoms with Crippen LogP contribution in [-0.4, -0.2) is 44.9 Å². The van der Waals surface area contributed by atoms with Gasteiger partial charge in [-0.3, -0.25) is 4.79 Å². The van der Waals surface area contributed by atoms with Gasteiger partial charge in [0.05, 0.1) is 12.0 Å². The first kappa shape index (κ1) is 20.6. The van der Waals surface area contributed by atoms with Gasteiger partial charge in [-0.25, -0.2) is 8.42 Å². The Morgan fingerprint density at radius 1 is 1.18 bits per heavy atom. The molecule has 0 unspecified atom stereocenters. The third kappa shape index (κ3) is 4.66. The number of halogens is 1. The average molecular weight is 423 g/mol. The topological polar surface area (TPSA) is 75.7 Å². The molecule has 1 aliphatic heterocycles. The van der Waals surface area contributed by atoms with Crippen molar-refractivity contribution in [2.75, 3.05) is 20.2 Å². The maximum Gasteiger partial charge on any atom is 0.243 e. The van der Waals surface area contributed by atoms with E-state index in [1.54, 1.807) is 7.11 Å². The summed E-state index contributed by atoms with van der Waals surface area (Å²) in [6, 6.07) is 12.9. The first-order chi connectivity index (χ1) is 13.4. The van der Waals surface area contributed by atoms with E-state index in [0.717, 1.165) is 11.3 Å². The second-order valence-corrected chi connectivity index (χ2v) is 8.94. The number of nitrogens with zero attached hydrogens (tertiary/aromatic N) is 1. The van der Waals surface area contributed by atoms with Crippen LogP contribution in [0.3, 0.4) is 0 Å². The maximum atomic E-state index is 12.9. The van der Waals surface area contributed by atoms with Crippen LogP contribution in [0, 0.1) is 0 Å². The van der Waals surface area contributed by atoms with Gasteiger partial charge < -0.3 is 10.1 Å². The zero-order chi connectivity index (χ0) is 20.1. The lowest BCUT2D eigenvalue weighted by molar-refractivity contribution is -0.124. The first-order valence-corrected chi connectivity index (χ1v) is 10.9. The monoisotopic (exact) mass is 422 g/mol. The largest absolute Gasteiger partial charge is 0.497 e. The van der Waals surface area contributed by atoms with Crippen molar-refractivity contribution in [2.24, 2.45) is 0 Å². The summed E-state index contributed by atoms with van der Waals surface area (Å²) in [4.78, 5) is 12.8. The van der Waals surface area contributed by atoms with Crippen molar-refractivity contribution in [3.8, 4) is 5.75 Å². The summed E-state index contributed by atoms with van der Waals surface area (Å²) >= 11 is 5.85. The van der Waals surface area contributed by atoms with Gasteiger partial charge in [0.2, 0.25) is 15.9 Å². The molecule has 0 bridgehead atoms. The first-order valence-electron chi connectivity index (χ1n) is 9.10. The van der Waals surface area contributed by atoms with Gasteiger partial charge >= 0.3 is 0 Å². The van der Waals surface area contributed by atoms with Gasteiger partial charge in [-0.1, -0.05) is 23.7 Å². The number of nitrogens with one attached hydrogen (secondary N) is 1. The number of carbonyl (C=O) groups excluding carboxylic acids is 1. The standard InChI is InChI=1S/C20H23ClN2O4S/c1-27-17-8-4-15(5-9-17)12-13-22-20(24)19-3-2-14-23(19)28(25,26)18-10-6-16(21)7-11-18/h4-11,19H,2-3,12-14H2,1H3,(H,22,24)/t19-/m1/s1. The predicted molar refractivity (Wildman–Crippen MR) is 108 cm³/mol. The molecule has 0 saturated carbocycles. The average Bonchev–Trinajstić information content (AvgIpc) is 3.20. The Balaban J connectivity index is 1.61. The number of rotatable bonds is 7. The van der Waals surface area contributed by atoms with Gasteiger partial charge in [0.1, 0.15) is 11.8 Å². The highest BCUT2D eigenvalue weighted by Gasteiger charge is 2.39. The van der Waals surface area contributed by atoms with Crippen molar-refractivity contribution < 1.29 is 17.9 Å². The summed E-state index contributed by atoms with van der Waals surface area (Å²) in [7, 11) is -2.12. The van der Waals surface area contributed by atoms with Crippen LogP contribution in [0.5, 0.6) is 5.75 Å². The van der Waals surface area contributed by atoms with E-state index in [2.05, 4.69) is 5.32 Å². The van der Waals surface area contributed by atoms with Gasteiger partial charge in [0.15, 0.2) is 0 Å². The minimum atomic E-state index is -3.73. The Morgan fingerprint density at radius 2 is 1.86 bits per heavy atom. The summed E-state index contributed by atoms with van der Waals surface area (Å²) < 4.78 is 32.2. The zero-order valence-electron chi connectivity index (χ0n) is 15.6. The lowest BCUT2D eigenvalue weighted by atomic mass is 10.1. The molecule has 8 heteroatoms. The summed E-state index contributed by atoms with van der Waals surface area (Å²) in [5.41, 5.74) is 1.07. The maximum absolute atomic E-state index is 12.9. The highest BCUT2D eigenvalue weighted by Crippen LogP contribution is 2.27. The van der Waals surface area contributed by atoms with E-state index in [0.29, 0.717) is 37.4 Å². The van der Waals surface area contributed by atoms with E-state index < -0.39 is 16.1 Å². The summed E-state index contributed by atoms with van der Waals surface area (Å²) in [6.45, 7) is 0.776. The van der Waals surface area contributed by atoms with Crippen LogP contribution in [0.1, 0.15) is 18.4 Å². The molecule has 1 amide bonds. The molecule has 1 aliphatic rings. The zero-order valence-corrected chi connectivity index (χ0v) is 17.2. The molecule has 150 valence electrons. The molecule has 0 aromatic heterocycles. The van der Waals surface area contributed by atoms with Crippen molar-refractivity contribution in [2.45, 2.75) is 30.2 Å². The molecular weight excluding hydrogens is 400 g/mol. The number of ether oxygens (including phenoxy) is 1. The molecule has 1 atom stereocenters. The smallest absolute Gasteiger partial charge is 0.243 e. The second-order valence-electron chi connectivity index (χ2n) is 6.62. The third-order valence-electron chi connectivity index (χ3n) is 4.80. The Bertz CT molecular complexity index is 914. The van der Waals surface area contributed by atoms with Crippen LogP contribution in [-0.2, 0) is 21.2 Å². The van der Waals surface area contributed by atoms with Crippen LogP contribution in [0.2, 0.25) is 5.02 Å². The number of amides is 1. The van der Waals surface area contributed by atoms with Crippen molar-refractivity contribution in [3.63, 3.8) is 0 Å². The fraction of sp³-hybridized carbons (Fsp3) is 0.350. The summed E-state index contributed by atoms with van der Waals surface area (Å²) in [6.07, 6.45) is 1.83. The predicted octanol–water partition coefficient (Wildman–Crippen LogP) is 2.86. The van der Waals surface area contributed by atoms with Crippen molar-refractivity contribution in [1.82, 2.24) is 9.62 Å². The van der Waals surface area contributed by atoms with E-state index in [1.807, 2.05) is 24.3 Å². The fourth-order valence-corrected chi connectivity index (χ4v) is 5.05. The van der Waals surface area contributed by atoms with Crippen LogP contribution in [0.4, 0.5) is 0 Å². The molecule has 1 N–H and O–H groups in total. The van der Waals surface area contributed by atoms with Gasteiger partial charge in [-0.05, 0) is 61.2 Å². The van der Waals surface area contributed by atoms with Crippen LogP contribution in [0.25, 0.3) is 0 Å². The van der Waals surface area contributed by atoms with Crippen molar-refractivity contribution >= 4 is 27.5 Å².